The van der Waals surface area contributed by atoms with Gasteiger partial charge in [0, 0.05) is 10.7 Å². The third-order valence-electron chi connectivity index (χ3n) is 2.91. The Hall–Kier alpha value is -2.09. The SMILES string of the molecule is C[C@H](C(=O)N(CC(F)(F)F)c1cccc(Cl)c1)n1cncn1. The van der Waals surface area contributed by atoms with E-state index in [1.54, 1.807) is 0 Å². The molecule has 0 aliphatic rings. The van der Waals surface area contributed by atoms with Crippen molar-refractivity contribution in [2.24, 2.45) is 0 Å². The second-order valence-electron chi connectivity index (χ2n) is 4.57. The Morgan fingerprint density at radius 3 is 2.73 bits per heavy atom. The van der Waals surface area contributed by atoms with Crippen LogP contribution in [0.15, 0.2) is 36.9 Å². The summed E-state index contributed by atoms with van der Waals surface area (Å²) in [5.41, 5.74) is 0.0711. The Balaban J connectivity index is 2.33. The molecule has 2 rings (SSSR count). The Labute approximate surface area is 129 Å². The highest BCUT2D eigenvalue weighted by Gasteiger charge is 2.36. The third kappa shape index (κ3) is 3.97. The number of amides is 1. The molecule has 0 saturated heterocycles. The van der Waals surface area contributed by atoms with Crippen molar-refractivity contribution in [1.29, 1.82) is 0 Å². The van der Waals surface area contributed by atoms with Crippen molar-refractivity contribution >= 4 is 23.2 Å². The van der Waals surface area contributed by atoms with Crippen LogP contribution in [0.1, 0.15) is 13.0 Å². The zero-order chi connectivity index (χ0) is 16.3. The van der Waals surface area contributed by atoms with Gasteiger partial charge in [0.25, 0.3) is 5.91 Å². The number of rotatable bonds is 4. The predicted octanol–water partition coefficient (Wildman–Crippen LogP) is 3.09. The first-order valence-electron chi connectivity index (χ1n) is 6.26. The zero-order valence-electron chi connectivity index (χ0n) is 11.5. The summed E-state index contributed by atoms with van der Waals surface area (Å²) in [5, 5.41) is 4.02. The molecule has 0 unspecified atom stereocenters. The number of nitrogens with zero attached hydrogens (tertiary/aromatic N) is 4. The Kier molecular flexibility index (Phi) is 4.70. The number of aromatic nitrogens is 3. The molecule has 9 heteroatoms. The third-order valence-corrected chi connectivity index (χ3v) is 3.15. The second kappa shape index (κ2) is 6.35. The smallest absolute Gasteiger partial charge is 0.301 e. The molecule has 0 fully saturated rings. The number of anilines is 1. The maximum atomic E-state index is 12.8. The van der Waals surface area contributed by atoms with Gasteiger partial charge in [-0.15, -0.1) is 0 Å². The van der Waals surface area contributed by atoms with Gasteiger partial charge in [-0.2, -0.15) is 18.3 Å². The Bertz CT molecular complexity index is 645. The van der Waals surface area contributed by atoms with Crippen molar-refractivity contribution in [3.05, 3.63) is 41.9 Å². The summed E-state index contributed by atoms with van der Waals surface area (Å²) < 4.78 is 39.6. The number of benzene rings is 1. The predicted molar refractivity (Wildman–Crippen MR) is 74.6 cm³/mol. The van der Waals surface area contributed by atoms with Crippen molar-refractivity contribution in [3.63, 3.8) is 0 Å². The maximum Gasteiger partial charge on any atom is 0.406 e. The van der Waals surface area contributed by atoms with Crippen LogP contribution >= 0.6 is 11.6 Å². The summed E-state index contributed by atoms with van der Waals surface area (Å²) in [7, 11) is 0. The minimum absolute atomic E-state index is 0.0711. The molecule has 0 radical (unpaired) electrons. The van der Waals surface area contributed by atoms with Crippen molar-refractivity contribution in [1.82, 2.24) is 14.8 Å². The van der Waals surface area contributed by atoms with E-state index < -0.39 is 24.7 Å². The van der Waals surface area contributed by atoms with Gasteiger partial charge in [-0.1, -0.05) is 17.7 Å². The number of halogens is 4. The molecule has 1 aromatic carbocycles. The zero-order valence-corrected chi connectivity index (χ0v) is 12.2. The molecule has 0 aliphatic carbocycles. The summed E-state index contributed by atoms with van der Waals surface area (Å²) in [6, 6.07) is 4.77. The lowest BCUT2D eigenvalue weighted by atomic mass is 10.2. The standard InChI is InChI=1S/C13H12ClF3N4O/c1-9(21-8-18-7-19-21)12(22)20(6-13(15,16)17)11-4-2-3-10(14)5-11/h2-5,7-9H,6H2,1H3/t9-/m1/s1. The molecule has 0 bridgehead atoms. The highest BCUT2D eigenvalue weighted by Crippen LogP contribution is 2.26. The van der Waals surface area contributed by atoms with Crippen LogP contribution in [0.4, 0.5) is 18.9 Å². The van der Waals surface area contributed by atoms with E-state index in [4.69, 9.17) is 11.6 Å². The van der Waals surface area contributed by atoms with Crippen molar-refractivity contribution in [2.75, 3.05) is 11.4 Å². The summed E-state index contributed by atoms with van der Waals surface area (Å²) >= 11 is 5.80. The van der Waals surface area contributed by atoms with Gasteiger partial charge in [-0.3, -0.25) is 4.79 Å². The summed E-state index contributed by atoms with van der Waals surface area (Å²) in [5.74, 6) is -0.759. The van der Waals surface area contributed by atoms with Crippen LogP contribution in [0, 0.1) is 0 Å². The minimum Gasteiger partial charge on any atom is -0.301 e. The monoisotopic (exact) mass is 332 g/mol. The molecule has 1 heterocycles. The van der Waals surface area contributed by atoms with Crippen LogP contribution in [-0.2, 0) is 4.79 Å². The van der Waals surface area contributed by atoms with E-state index in [0.29, 0.717) is 4.90 Å². The summed E-state index contributed by atoms with van der Waals surface area (Å²) in [6.45, 7) is 0.0378. The fourth-order valence-corrected chi connectivity index (χ4v) is 2.06. The topological polar surface area (TPSA) is 51.0 Å². The van der Waals surface area contributed by atoms with Crippen LogP contribution in [0.3, 0.4) is 0 Å². The summed E-state index contributed by atoms with van der Waals surface area (Å²) in [4.78, 5) is 16.7. The molecular weight excluding hydrogens is 321 g/mol. The molecular formula is C13H12ClF3N4O. The number of carbonyl (C=O) groups excluding carboxylic acids is 1. The van der Waals surface area contributed by atoms with E-state index in [1.165, 1.54) is 48.5 Å². The van der Waals surface area contributed by atoms with Crippen molar-refractivity contribution in [3.8, 4) is 0 Å². The van der Waals surface area contributed by atoms with Crippen LogP contribution < -0.4 is 4.90 Å². The lowest BCUT2D eigenvalue weighted by Gasteiger charge is -2.27. The first-order valence-corrected chi connectivity index (χ1v) is 6.63. The molecule has 1 atom stereocenters. The molecule has 0 aliphatic heterocycles. The van der Waals surface area contributed by atoms with E-state index in [2.05, 4.69) is 10.1 Å². The van der Waals surface area contributed by atoms with Crippen LogP contribution in [0.2, 0.25) is 5.02 Å². The average Bonchev–Trinajstić information content (AvgIpc) is 2.96. The van der Waals surface area contributed by atoms with Gasteiger partial charge in [0.1, 0.15) is 25.2 Å². The minimum atomic E-state index is -4.54. The molecule has 2 aromatic rings. The molecule has 0 N–H and O–H groups in total. The van der Waals surface area contributed by atoms with Crippen LogP contribution in [0.5, 0.6) is 0 Å². The molecule has 5 nitrogen and oxygen atoms in total. The Morgan fingerprint density at radius 1 is 1.45 bits per heavy atom. The molecule has 1 aromatic heterocycles. The van der Waals surface area contributed by atoms with Gasteiger partial charge >= 0.3 is 6.18 Å². The number of alkyl halides is 3. The van der Waals surface area contributed by atoms with E-state index in [9.17, 15) is 18.0 Å². The molecule has 1 amide bonds. The Morgan fingerprint density at radius 2 is 2.18 bits per heavy atom. The van der Waals surface area contributed by atoms with Gasteiger partial charge < -0.3 is 4.90 Å². The number of hydrogen-bond acceptors (Lipinski definition) is 3. The fraction of sp³-hybridized carbons (Fsp3) is 0.308. The molecule has 22 heavy (non-hydrogen) atoms. The number of carbonyl (C=O) groups is 1. The second-order valence-corrected chi connectivity index (χ2v) is 5.01. The fourth-order valence-electron chi connectivity index (χ4n) is 1.88. The van der Waals surface area contributed by atoms with Gasteiger partial charge in [-0.25, -0.2) is 9.67 Å². The normalized spacial score (nSPS) is 13.0. The van der Waals surface area contributed by atoms with Gasteiger partial charge in [-0.05, 0) is 25.1 Å². The van der Waals surface area contributed by atoms with E-state index in [-0.39, 0.29) is 10.7 Å². The van der Waals surface area contributed by atoms with Gasteiger partial charge in [0.15, 0.2) is 0 Å². The van der Waals surface area contributed by atoms with Crippen LogP contribution in [0.25, 0.3) is 0 Å². The molecule has 0 saturated carbocycles. The first kappa shape index (κ1) is 16.3. The quantitative estimate of drug-likeness (QED) is 0.864. The number of hydrogen-bond donors (Lipinski definition) is 0. The van der Waals surface area contributed by atoms with E-state index in [0.717, 1.165) is 0 Å². The average molecular weight is 333 g/mol. The lowest BCUT2D eigenvalue weighted by molar-refractivity contribution is -0.134. The largest absolute Gasteiger partial charge is 0.406 e. The molecule has 0 spiro atoms. The van der Waals surface area contributed by atoms with Crippen molar-refractivity contribution in [2.45, 2.75) is 19.1 Å². The van der Waals surface area contributed by atoms with E-state index >= 15 is 0 Å². The first-order chi connectivity index (χ1) is 10.3. The van der Waals surface area contributed by atoms with E-state index in [1.807, 2.05) is 0 Å². The highest BCUT2D eigenvalue weighted by atomic mass is 35.5. The van der Waals surface area contributed by atoms with Crippen LogP contribution in [-0.4, -0.2) is 33.4 Å². The van der Waals surface area contributed by atoms with Crippen molar-refractivity contribution < 1.29 is 18.0 Å². The van der Waals surface area contributed by atoms with Gasteiger partial charge in [0.05, 0.1) is 0 Å². The molecule has 118 valence electrons. The van der Waals surface area contributed by atoms with Gasteiger partial charge in [0.2, 0.25) is 0 Å². The highest BCUT2D eigenvalue weighted by molar-refractivity contribution is 6.30. The summed E-state index contributed by atoms with van der Waals surface area (Å²) in [6.07, 6.45) is -2.07. The lowest BCUT2D eigenvalue weighted by Crippen LogP contribution is -2.42. The maximum absolute atomic E-state index is 12.8.